The fourth-order valence-electron chi connectivity index (χ4n) is 1.85. The molecule has 0 radical (unpaired) electrons. The minimum absolute atomic E-state index is 0.0479. The first-order valence-corrected chi connectivity index (χ1v) is 5.98. The molecule has 0 saturated carbocycles. The average molecular weight is 246 g/mol. The maximum Gasteiger partial charge on any atom is 0.266 e. The van der Waals surface area contributed by atoms with Gasteiger partial charge in [-0.3, -0.25) is 9.20 Å². The van der Waals surface area contributed by atoms with E-state index in [2.05, 4.69) is 4.98 Å². The molecule has 0 unspecified atom stereocenters. The molecule has 4 nitrogen and oxygen atoms in total. The molecule has 0 amide bonds. The third-order valence-electron chi connectivity index (χ3n) is 2.73. The van der Waals surface area contributed by atoms with Crippen LogP contribution in [0.25, 0.3) is 15.9 Å². The van der Waals surface area contributed by atoms with Crippen LogP contribution in [0.2, 0.25) is 0 Å². The molecule has 0 aliphatic carbocycles. The monoisotopic (exact) mass is 246 g/mol. The van der Waals surface area contributed by atoms with Gasteiger partial charge in [0.05, 0.1) is 24.2 Å². The first-order chi connectivity index (χ1) is 8.20. The number of para-hydroxylation sites is 1. The molecule has 2 aromatic heterocycles. The molecule has 86 valence electrons. The van der Waals surface area contributed by atoms with Gasteiger partial charge in [-0.2, -0.15) is 0 Å². The first-order valence-electron chi connectivity index (χ1n) is 5.16. The lowest BCUT2D eigenvalue weighted by Crippen LogP contribution is -2.13. The fraction of sp³-hybridized carbons (Fsp3) is 0.167. The van der Waals surface area contributed by atoms with Crippen molar-refractivity contribution in [3.8, 4) is 5.06 Å². The number of ether oxygens (including phenoxy) is 1. The molecule has 17 heavy (non-hydrogen) atoms. The number of aryl methyl sites for hydroxylation is 1. The van der Waals surface area contributed by atoms with E-state index in [-0.39, 0.29) is 5.56 Å². The third kappa shape index (κ3) is 1.43. The number of thiazole rings is 1. The normalized spacial score (nSPS) is 11.2. The Morgan fingerprint density at radius 2 is 2.24 bits per heavy atom. The molecule has 3 rings (SSSR count). The number of benzene rings is 1. The molecule has 0 saturated heterocycles. The summed E-state index contributed by atoms with van der Waals surface area (Å²) in [5.41, 5.74) is 1.73. The van der Waals surface area contributed by atoms with Crippen molar-refractivity contribution in [2.45, 2.75) is 6.92 Å². The van der Waals surface area contributed by atoms with Crippen molar-refractivity contribution < 1.29 is 4.74 Å². The van der Waals surface area contributed by atoms with Crippen LogP contribution in [0.15, 0.2) is 29.2 Å². The Morgan fingerprint density at radius 3 is 3.00 bits per heavy atom. The Kier molecular flexibility index (Phi) is 2.16. The van der Waals surface area contributed by atoms with Crippen LogP contribution in [0.5, 0.6) is 5.06 Å². The lowest BCUT2D eigenvalue weighted by Gasteiger charge is -2.00. The summed E-state index contributed by atoms with van der Waals surface area (Å²) < 4.78 is 6.66. The van der Waals surface area contributed by atoms with E-state index in [0.29, 0.717) is 15.4 Å². The number of fused-ring (bicyclic) bond motifs is 2. The van der Waals surface area contributed by atoms with E-state index < -0.39 is 0 Å². The van der Waals surface area contributed by atoms with E-state index in [4.69, 9.17) is 4.74 Å². The lowest BCUT2D eigenvalue weighted by atomic mass is 10.1. The second-order valence-electron chi connectivity index (χ2n) is 3.79. The van der Waals surface area contributed by atoms with Gasteiger partial charge in [0.15, 0.2) is 5.06 Å². The molecule has 2 heterocycles. The van der Waals surface area contributed by atoms with Crippen LogP contribution in [-0.4, -0.2) is 16.5 Å². The number of nitrogens with zero attached hydrogens (tertiary/aromatic N) is 2. The quantitative estimate of drug-likeness (QED) is 0.661. The Balaban J connectivity index is 2.55. The summed E-state index contributed by atoms with van der Waals surface area (Å²) in [6.07, 6.45) is 1.68. The highest BCUT2D eigenvalue weighted by Gasteiger charge is 2.10. The SMILES string of the molecule is COc1cn2c(=O)c3cccc(C)c3nc2s1. The largest absolute Gasteiger partial charge is 0.486 e. The second kappa shape index (κ2) is 3.56. The molecular weight excluding hydrogens is 236 g/mol. The molecule has 0 aliphatic heterocycles. The van der Waals surface area contributed by atoms with E-state index in [9.17, 15) is 4.79 Å². The number of methoxy groups -OCH3 is 1. The molecule has 0 N–H and O–H groups in total. The Hall–Kier alpha value is -1.88. The summed E-state index contributed by atoms with van der Waals surface area (Å²) >= 11 is 1.36. The Bertz CT molecular complexity index is 773. The molecule has 0 aliphatic rings. The molecule has 3 aromatic rings. The van der Waals surface area contributed by atoms with E-state index in [1.165, 1.54) is 15.7 Å². The van der Waals surface area contributed by atoms with Gasteiger partial charge in [-0.15, -0.1) is 0 Å². The topological polar surface area (TPSA) is 43.6 Å². The standard InChI is InChI=1S/C12H10N2O2S/c1-7-4-3-5-8-10(7)13-12-14(11(8)15)6-9(16-2)17-12/h3-6H,1-2H3. The molecule has 0 atom stereocenters. The van der Waals surface area contributed by atoms with Crippen molar-refractivity contribution in [3.63, 3.8) is 0 Å². The number of aromatic nitrogens is 2. The maximum atomic E-state index is 12.2. The predicted molar refractivity (Wildman–Crippen MR) is 68.1 cm³/mol. The summed E-state index contributed by atoms with van der Waals surface area (Å²) in [5.74, 6) is 0. The van der Waals surface area contributed by atoms with Gasteiger partial charge in [-0.25, -0.2) is 4.98 Å². The minimum atomic E-state index is -0.0479. The summed E-state index contributed by atoms with van der Waals surface area (Å²) in [7, 11) is 1.58. The zero-order chi connectivity index (χ0) is 12.0. The first kappa shape index (κ1) is 10.3. The predicted octanol–water partition coefficient (Wildman–Crippen LogP) is 2.23. The molecule has 0 bridgehead atoms. The van der Waals surface area contributed by atoms with Crippen LogP contribution < -0.4 is 10.3 Å². The van der Waals surface area contributed by atoms with Crippen molar-refractivity contribution in [2.75, 3.05) is 7.11 Å². The highest BCUT2D eigenvalue weighted by molar-refractivity contribution is 7.18. The Morgan fingerprint density at radius 1 is 1.41 bits per heavy atom. The third-order valence-corrected chi connectivity index (χ3v) is 3.67. The smallest absolute Gasteiger partial charge is 0.266 e. The molecule has 1 aromatic carbocycles. The Labute approximate surface area is 101 Å². The van der Waals surface area contributed by atoms with Crippen LogP contribution in [0.3, 0.4) is 0 Å². The number of hydrogen-bond acceptors (Lipinski definition) is 4. The summed E-state index contributed by atoms with van der Waals surface area (Å²) in [6.45, 7) is 1.95. The summed E-state index contributed by atoms with van der Waals surface area (Å²) in [6, 6.07) is 5.63. The molecule has 0 fully saturated rings. The van der Waals surface area contributed by atoms with Crippen molar-refractivity contribution in [1.29, 1.82) is 0 Å². The zero-order valence-corrected chi connectivity index (χ0v) is 10.2. The van der Waals surface area contributed by atoms with Crippen LogP contribution in [0, 0.1) is 6.92 Å². The van der Waals surface area contributed by atoms with Gasteiger partial charge < -0.3 is 4.74 Å². The van der Waals surface area contributed by atoms with Gasteiger partial charge in [0, 0.05) is 0 Å². The van der Waals surface area contributed by atoms with Crippen LogP contribution in [-0.2, 0) is 0 Å². The van der Waals surface area contributed by atoms with E-state index in [1.807, 2.05) is 19.1 Å². The van der Waals surface area contributed by atoms with Crippen molar-refractivity contribution in [2.24, 2.45) is 0 Å². The number of rotatable bonds is 1. The van der Waals surface area contributed by atoms with Gasteiger partial charge in [0.2, 0.25) is 4.96 Å². The molecular formula is C12H10N2O2S. The second-order valence-corrected chi connectivity index (χ2v) is 4.77. The highest BCUT2D eigenvalue weighted by Crippen LogP contribution is 2.24. The summed E-state index contributed by atoms with van der Waals surface area (Å²) in [4.78, 5) is 17.4. The van der Waals surface area contributed by atoms with Gasteiger partial charge in [-0.05, 0) is 18.6 Å². The molecule has 0 spiro atoms. The van der Waals surface area contributed by atoms with E-state index in [0.717, 1.165) is 11.1 Å². The van der Waals surface area contributed by atoms with Crippen LogP contribution in [0.1, 0.15) is 5.56 Å². The fourth-order valence-corrected chi connectivity index (χ4v) is 2.64. The van der Waals surface area contributed by atoms with Crippen molar-refractivity contribution >= 4 is 27.2 Å². The van der Waals surface area contributed by atoms with E-state index in [1.54, 1.807) is 19.4 Å². The van der Waals surface area contributed by atoms with Crippen molar-refractivity contribution in [1.82, 2.24) is 9.38 Å². The van der Waals surface area contributed by atoms with Crippen molar-refractivity contribution in [3.05, 3.63) is 40.3 Å². The van der Waals surface area contributed by atoms with Gasteiger partial charge in [0.25, 0.3) is 5.56 Å². The van der Waals surface area contributed by atoms with Crippen LogP contribution in [0.4, 0.5) is 0 Å². The van der Waals surface area contributed by atoms with Gasteiger partial charge >= 0.3 is 0 Å². The maximum absolute atomic E-state index is 12.2. The zero-order valence-electron chi connectivity index (χ0n) is 9.43. The average Bonchev–Trinajstić information content (AvgIpc) is 2.74. The van der Waals surface area contributed by atoms with Crippen LogP contribution >= 0.6 is 11.3 Å². The summed E-state index contributed by atoms with van der Waals surface area (Å²) in [5, 5.41) is 1.32. The highest BCUT2D eigenvalue weighted by atomic mass is 32.1. The van der Waals surface area contributed by atoms with Gasteiger partial charge in [0.1, 0.15) is 0 Å². The minimum Gasteiger partial charge on any atom is -0.486 e. The number of hydrogen-bond donors (Lipinski definition) is 0. The van der Waals surface area contributed by atoms with Gasteiger partial charge in [-0.1, -0.05) is 23.5 Å². The lowest BCUT2D eigenvalue weighted by molar-refractivity contribution is 0.425. The van der Waals surface area contributed by atoms with E-state index >= 15 is 0 Å². The molecule has 5 heteroatoms.